The van der Waals surface area contributed by atoms with E-state index in [-0.39, 0.29) is 28.8 Å². The van der Waals surface area contributed by atoms with E-state index in [9.17, 15) is 19.8 Å². The fourth-order valence-electron chi connectivity index (χ4n) is 5.71. The van der Waals surface area contributed by atoms with Gasteiger partial charge >= 0.3 is 0 Å². The largest absolute Gasteiger partial charge is 0.508 e. The van der Waals surface area contributed by atoms with Gasteiger partial charge in [0, 0.05) is 17.7 Å². The normalized spacial score (nSPS) is 27.7. The zero-order valence-electron chi connectivity index (χ0n) is 18.8. The summed E-state index contributed by atoms with van der Waals surface area (Å²) >= 11 is 0. The number of fused-ring (bicyclic) bond motifs is 1. The first kappa shape index (κ1) is 22.1. The zero-order valence-corrected chi connectivity index (χ0v) is 18.8. The molecule has 5 atom stereocenters. The van der Waals surface area contributed by atoms with Crippen molar-refractivity contribution in [2.24, 2.45) is 29.6 Å². The predicted octanol–water partition coefficient (Wildman–Crippen LogP) is 5.46. The van der Waals surface area contributed by atoms with Gasteiger partial charge in [-0.15, -0.1) is 0 Å². The van der Waals surface area contributed by atoms with E-state index in [0.29, 0.717) is 28.9 Å². The molecule has 0 aliphatic heterocycles. The number of H-pyrrole nitrogens is 1. The molecule has 0 saturated heterocycles. The molecule has 0 spiro atoms. The number of carbonyl (C=O) groups is 1. The molecule has 1 heterocycles. The number of Topliss-reactive ketones (excluding diaryl/α,β-unsaturated/α-hetero) is 1. The topological polar surface area (TPSA) is 90.4 Å². The highest BCUT2D eigenvalue weighted by atomic mass is 16.3. The van der Waals surface area contributed by atoms with Crippen LogP contribution in [0.2, 0.25) is 0 Å². The molecule has 0 bridgehead atoms. The van der Waals surface area contributed by atoms with Crippen LogP contribution in [0.5, 0.6) is 11.5 Å². The maximum Gasteiger partial charge on any atom is 0.262 e. The van der Waals surface area contributed by atoms with Crippen LogP contribution in [0, 0.1) is 29.6 Å². The highest BCUT2D eigenvalue weighted by molar-refractivity contribution is 6.03. The van der Waals surface area contributed by atoms with Crippen LogP contribution < -0.4 is 5.56 Å². The Balaban J connectivity index is 1.79. The summed E-state index contributed by atoms with van der Waals surface area (Å²) in [6, 6.07) is 6.28. The third-order valence-corrected chi connectivity index (χ3v) is 7.31. The number of carbonyl (C=O) groups excluding carboxylic acids is 1. The lowest BCUT2D eigenvalue weighted by Gasteiger charge is -2.45. The summed E-state index contributed by atoms with van der Waals surface area (Å²) in [4.78, 5) is 29.1. The number of benzene rings is 1. The summed E-state index contributed by atoms with van der Waals surface area (Å²) < 4.78 is 0. The Kier molecular flexibility index (Phi) is 6.09. The van der Waals surface area contributed by atoms with E-state index in [2.05, 4.69) is 24.9 Å². The van der Waals surface area contributed by atoms with Gasteiger partial charge in [0.05, 0.1) is 0 Å². The van der Waals surface area contributed by atoms with Gasteiger partial charge in [0.1, 0.15) is 17.1 Å². The van der Waals surface area contributed by atoms with Crippen molar-refractivity contribution in [1.82, 2.24) is 4.98 Å². The minimum atomic E-state index is -0.584. The number of pyridine rings is 1. The number of ketones is 1. The molecule has 5 heteroatoms. The third kappa shape index (κ3) is 3.92. The molecule has 1 saturated carbocycles. The summed E-state index contributed by atoms with van der Waals surface area (Å²) in [5.41, 5.74) is 1.40. The van der Waals surface area contributed by atoms with Gasteiger partial charge in [-0.25, -0.2) is 0 Å². The third-order valence-electron chi connectivity index (χ3n) is 7.31. The van der Waals surface area contributed by atoms with E-state index >= 15 is 0 Å². The van der Waals surface area contributed by atoms with Crippen molar-refractivity contribution >= 4 is 5.78 Å². The van der Waals surface area contributed by atoms with E-state index < -0.39 is 11.5 Å². The molecule has 2 aliphatic carbocycles. The minimum absolute atomic E-state index is 0.0000727. The van der Waals surface area contributed by atoms with Crippen molar-refractivity contribution in [1.29, 1.82) is 0 Å². The van der Waals surface area contributed by atoms with Gasteiger partial charge in [0.2, 0.25) is 0 Å². The zero-order chi connectivity index (χ0) is 23.0. The van der Waals surface area contributed by atoms with Crippen molar-refractivity contribution in [2.75, 3.05) is 0 Å². The van der Waals surface area contributed by atoms with E-state index in [0.717, 1.165) is 12.8 Å². The van der Waals surface area contributed by atoms with Gasteiger partial charge in [0.15, 0.2) is 5.78 Å². The summed E-state index contributed by atoms with van der Waals surface area (Å²) in [6.07, 6.45) is 10.9. The van der Waals surface area contributed by atoms with Crippen LogP contribution in [-0.2, 0) is 0 Å². The molecular weight excluding hydrogens is 402 g/mol. The molecule has 32 heavy (non-hydrogen) atoms. The predicted molar refractivity (Wildman–Crippen MR) is 126 cm³/mol. The Bertz CT molecular complexity index is 1130. The van der Waals surface area contributed by atoms with Gasteiger partial charge in [-0.1, -0.05) is 49.3 Å². The van der Waals surface area contributed by atoms with Crippen molar-refractivity contribution in [3.05, 3.63) is 70.2 Å². The second kappa shape index (κ2) is 8.81. The van der Waals surface area contributed by atoms with Gasteiger partial charge in [-0.2, -0.15) is 0 Å². The number of phenolic OH excluding ortho intramolecular Hbond substituents is 1. The van der Waals surface area contributed by atoms with Gasteiger partial charge in [0.25, 0.3) is 5.56 Å². The first-order valence-corrected chi connectivity index (χ1v) is 11.4. The average Bonchev–Trinajstić information content (AvgIpc) is 2.76. The average molecular weight is 434 g/mol. The van der Waals surface area contributed by atoms with Crippen molar-refractivity contribution in [2.45, 2.75) is 40.0 Å². The first-order valence-electron chi connectivity index (χ1n) is 11.4. The Morgan fingerprint density at radius 2 is 1.88 bits per heavy atom. The first-order chi connectivity index (χ1) is 15.3. The Morgan fingerprint density at radius 1 is 1.16 bits per heavy atom. The molecule has 0 amide bonds. The number of hydrogen-bond donors (Lipinski definition) is 3. The Labute approximate surface area is 188 Å². The maximum absolute atomic E-state index is 13.8. The second-order valence-corrected chi connectivity index (χ2v) is 9.39. The number of nitrogens with one attached hydrogen (secondary N) is 1. The molecule has 1 fully saturated rings. The monoisotopic (exact) mass is 433 g/mol. The lowest BCUT2D eigenvalue weighted by atomic mass is 9.59. The Morgan fingerprint density at radius 3 is 2.56 bits per heavy atom. The van der Waals surface area contributed by atoms with E-state index in [4.69, 9.17) is 0 Å². The number of phenols is 1. The van der Waals surface area contributed by atoms with Crippen molar-refractivity contribution in [3.63, 3.8) is 0 Å². The van der Waals surface area contributed by atoms with Crippen LogP contribution in [0.4, 0.5) is 0 Å². The van der Waals surface area contributed by atoms with Crippen molar-refractivity contribution in [3.8, 4) is 22.6 Å². The molecule has 3 N–H and O–H groups in total. The molecule has 5 nitrogen and oxygen atoms in total. The van der Waals surface area contributed by atoms with Gasteiger partial charge < -0.3 is 15.2 Å². The number of aromatic amines is 1. The summed E-state index contributed by atoms with van der Waals surface area (Å²) in [5, 5.41) is 20.6. The molecule has 1 unspecified atom stereocenters. The molecule has 1 aromatic carbocycles. The quantitative estimate of drug-likeness (QED) is 0.441. The number of aromatic nitrogens is 1. The highest BCUT2D eigenvalue weighted by Gasteiger charge is 2.43. The standard InChI is InChI=1S/C27H31NO4/c1-4-5-20-21-12-15(2)6-11-19(21)16(3)13-22(20)25(30)24-26(31)23(14-28-27(24)32)17-7-9-18(29)10-8-17/h4-5,7-10,13-15,19-22,29H,6,11-12H2,1-3H3,(H2,28,31,32)/b5-4+/t15?,19-,20-,21+,22-/m1/s1. The molecule has 1 aromatic heterocycles. The van der Waals surface area contributed by atoms with Crippen LogP contribution in [0.1, 0.15) is 50.4 Å². The molecule has 2 aliphatic rings. The number of rotatable bonds is 4. The van der Waals surface area contributed by atoms with Crippen LogP contribution in [0.15, 0.2) is 59.1 Å². The fraction of sp³-hybridized carbons (Fsp3) is 0.407. The van der Waals surface area contributed by atoms with Crippen LogP contribution >= 0.6 is 0 Å². The molecule has 0 radical (unpaired) electrons. The lowest BCUT2D eigenvalue weighted by molar-refractivity contribution is 0.0803. The van der Waals surface area contributed by atoms with E-state index in [1.54, 1.807) is 12.1 Å². The maximum atomic E-state index is 13.8. The molecule has 2 aromatic rings. The number of allylic oxidation sites excluding steroid dienone is 4. The van der Waals surface area contributed by atoms with E-state index in [1.807, 2.05) is 19.1 Å². The van der Waals surface area contributed by atoms with Gasteiger partial charge in [-0.05, 0) is 68.1 Å². The van der Waals surface area contributed by atoms with Gasteiger partial charge in [-0.3, -0.25) is 9.59 Å². The SMILES string of the molecule is C/C=C/[C@@H]1[C@H]2CC(C)CC[C@@H]2C(C)=C[C@H]1C(=O)c1c(O)c(-c2ccc(O)cc2)c[nH]c1=O. The highest BCUT2D eigenvalue weighted by Crippen LogP contribution is 2.49. The van der Waals surface area contributed by atoms with Crippen LogP contribution in [-0.4, -0.2) is 21.0 Å². The van der Waals surface area contributed by atoms with E-state index in [1.165, 1.54) is 30.3 Å². The van der Waals surface area contributed by atoms with Crippen LogP contribution in [0.25, 0.3) is 11.1 Å². The molecule has 4 rings (SSSR count). The second-order valence-electron chi connectivity index (χ2n) is 9.39. The Hall–Kier alpha value is -3.08. The van der Waals surface area contributed by atoms with Crippen molar-refractivity contribution < 1.29 is 15.0 Å². The summed E-state index contributed by atoms with van der Waals surface area (Å²) in [7, 11) is 0. The lowest BCUT2D eigenvalue weighted by Crippen LogP contribution is -2.40. The number of hydrogen-bond acceptors (Lipinski definition) is 4. The summed E-state index contributed by atoms with van der Waals surface area (Å²) in [6.45, 7) is 6.32. The molecular formula is C27H31NO4. The molecule has 168 valence electrons. The number of aromatic hydroxyl groups is 2. The minimum Gasteiger partial charge on any atom is -0.508 e. The summed E-state index contributed by atoms with van der Waals surface area (Å²) in [5.74, 6) is 0.391. The fourth-order valence-corrected chi connectivity index (χ4v) is 5.71. The smallest absolute Gasteiger partial charge is 0.262 e. The van der Waals surface area contributed by atoms with Crippen LogP contribution in [0.3, 0.4) is 0 Å².